The Morgan fingerprint density at radius 2 is 2.00 bits per heavy atom. The van der Waals surface area contributed by atoms with Gasteiger partial charge in [-0.3, -0.25) is 4.68 Å². The molecule has 0 radical (unpaired) electrons. The molecule has 3 heteroatoms. The van der Waals surface area contributed by atoms with Crippen LogP contribution in [0.15, 0.2) is 6.20 Å². The Labute approximate surface area is 112 Å². The van der Waals surface area contributed by atoms with E-state index in [0.29, 0.717) is 12.0 Å². The van der Waals surface area contributed by atoms with Gasteiger partial charge < -0.3 is 5.32 Å². The van der Waals surface area contributed by atoms with E-state index in [0.717, 1.165) is 6.54 Å². The van der Waals surface area contributed by atoms with Crippen molar-refractivity contribution in [2.24, 2.45) is 7.05 Å². The molecule has 1 unspecified atom stereocenters. The molecule has 18 heavy (non-hydrogen) atoms. The fourth-order valence-electron chi connectivity index (χ4n) is 2.26. The first-order valence-electron chi connectivity index (χ1n) is 7.30. The number of hydrogen-bond acceptors (Lipinski definition) is 2. The first-order chi connectivity index (χ1) is 8.54. The standard InChI is InChI=1S/C15H29N3/c1-6-7-8-9-13(4)16-10-14-11-18(5)17-15(14)12(2)3/h11-13,16H,6-10H2,1-5H3. The maximum atomic E-state index is 4.54. The average Bonchev–Trinajstić information content (AvgIpc) is 2.68. The van der Waals surface area contributed by atoms with Crippen molar-refractivity contribution in [3.05, 3.63) is 17.5 Å². The maximum absolute atomic E-state index is 4.54. The molecule has 1 rings (SSSR count). The molecule has 0 aromatic carbocycles. The van der Waals surface area contributed by atoms with Crippen LogP contribution in [0.5, 0.6) is 0 Å². The summed E-state index contributed by atoms with van der Waals surface area (Å²) in [7, 11) is 2.00. The summed E-state index contributed by atoms with van der Waals surface area (Å²) in [4.78, 5) is 0. The van der Waals surface area contributed by atoms with E-state index in [9.17, 15) is 0 Å². The number of nitrogens with one attached hydrogen (secondary N) is 1. The van der Waals surface area contributed by atoms with Crippen LogP contribution in [-0.4, -0.2) is 15.8 Å². The molecule has 1 aromatic rings. The normalized spacial score (nSPS) is 13.2. The monoisotopic (exact) mass is 251 g/mol. The van der Waals surface area contributed by atoms with Crippen LogP contribution < -0.4 is 5.32 Å². The molecule has 1 N–H and O–H groups in total. The topological polar surface area (TPSA) is 29.9 Å². The van der Waals surface area contributed by atoms with Crippen LogP contribution in [0.2, 0.25) is 0 Å². The van der Waals surface area contributed by atoms with Crippen molar-refractivity contribution in [2.75, 3.05) is 0 Å². The van der Waals surface area contributed by atoms with Crippen molar-refractivity contribution in [3.8, 4) is 0 Å². The molecule has 0 bridgehead atoms. The summed E-state index contributed by atoms with van der Waals surface area (Å²) in [5.41, 5.74) is 2.57. The van der Waals surface area contributed by atoms with Crippen molar-refractivity contribution in [1.29, 1.82) is 0 Å². The summed E-state index contributed by atoms with van der Waals surface area (Å²) < 4.78 is 1.92. The number of nitrogens with zero attached hydrogens (tertiary/aromatic N) is 2. The molecule has 0 fully saturated rings. The average molecular weight is 251 g/mol. The Morgan fingerprint density at radius 3 is 2.61 bits per heavy atom. The molecule has 1 heterocycles. The molecule has 104 valence electrons. The highest BCUT2D eigenvalue weighted by molar-refractivity contribution is 5.20. The Kier molecular flexibility index (Phi) is 6.41. The number of hydrogen-bond donors (Lipinski definition) is 1. The van der Waals surface area contributed by atoms with Crippen molar-refractivity contribution in [3.63, 3.8) is 0 Å². The molecule has 0 spiro atoms. The highest BCUT2D eigenvalue weighted by Gasteiger charge is 2.11. The molecule has 0 aliphatic heterocycles. The van der Waals surface area contributed by atoms with E-state index >= 15 is 0 Å². The van der Waals surface area contributed by atoms with Gasteiger partial charge in [-0.25, -0.2) is 0 Å². The van der Waals surface area contributed by atoms with Gasteiger partial charge in [0.2, 0.25) is 0 Å². The minimum Gasteiger partial charge on any atom is -0.310 e. The van der Waals surface area contributed by atoms with Crippen molar-refractivity contribution >= 4 is 0 Å². The second kappa shape index (κ2) is 7.57. The first-order valence-corrected chi connectivity index (χ1v) is 7.30. The molecular formula is C15H29N3. The van der Waals surface area contributed by atoms with Gasteiger partial charge in [-0.05, 0) is 19.3 Å². The number of aromatic nitrogens is 2. The largest absolute Gasteiger partial charge is 0.310 e. The maximum Gasteiger partial charge on any atom is 0.0694 e. The van der Waals surface area contributed by atoms with Gasteiger partial charge in [0, 0.05) is 31.4 Å². The zero-order chi connectivity index (χ0) is 13.5. The van der Waals surface area contributed by atoms with Crippen molar-refractivity contribution in [1.82, 2.24) is 15.1 Å². The second-order valence-electron chi connectivity index (χ2n) is 5.65. The van der Waals surface area contributed by atoms with Gasteiger partial charge in [0.05, 0.1) is 5.69 Å². The van der Waals surface area contributed by atoms with Crippen LogP contribution >= 0.6 is 0 Å². The third kappa shape index (κ3) is 4.81. The zero-order valence-electron chi connectivity index (χ0n) is 12.7. The van der Waals surface area contributed by atoms with Gasteiger partial charge in [0.1, 0.15) is 0 Å². The minimum absolute atomic E-state index is 0.499. The van der Waals surface area contributed by atoms with Crippen LogP contribution in [0.4, 0.5) is 0 Å². The molecule has 3 nitrogen and oxygen atoms in total. The molecule has 0 aliphatic rings. The quantitative estimate of drug-likeness (QED) is 0.715. The number of rotatable bonds is 8. The number of aryl methyl sites for hydroxylation is 1. The van der Waals surface area contributed by atoms with E-state index in [4.69, 9.17) is 0 Å². The summed E-state index contributed by atoms with van der Waals surface area (Å²) in [6.45, 7) is 9.88. The summed E-state index contributed by atoms with van der Waals surface area (Å²) in [6.07, 6.45) is 7.38. The molecule has 0 saturated carbocycles. The predicted molar refractivity (Wildman–Crippen MR) is 77.7 cm³/mol. The third-order valence-electron chi connectivity index (χ3n) is 3.37. The van der Waals surface area contributed by atoms with Gasteiger partial charge in [0.25, 0.3) is 0 Å². The Hall–Kier alpha value is -0.830. The Balaban J connectivity index is 2.42. The lowest BCUT2D eigenvalue weighted by Crippen LogP contribution is -2.25. The van der Waals surface area contributed by atoms with Gasteiger partial charge >= 0.3 is 0 Å². The Bertz CT molecular complexity index is 342. The smallest absolute Gasteiger partial charge is 0.0694 e. The van der Waals surface area contributed by atoms with Gasteiger partial charge in [0.15, 0.2) is 0 Å². The van der Waals surface area contributed by atoms with Gasteiger partial charge in [-0.1, -0.05) is 40.0 Å². The Morgan fingerprint density at radius 1 is 1.28 bits per heavy atom. The van der Waals surface area contributed by atoms with Crippen LogP contribution in [0.1, 0.15) is 70.6 Å². The lowest BCUT2D eigenvalue weighted by Gasteiger charge is -2.14. The predicted octanol–water partition coefficient (Wildman–Crippen LogP) is 3.60. The van der Waals surface area contributed by atoms with E-state index < -0.39 is 0 Å². The molecule has 1 aromatic heterocycles. The molecule has 0 amide bonds. The first kappa shape index (κ1) is 15.2. The summed E-state index contributed by atoms with van der Waals surface area (Å²) in [5, 5.41) is 8.15. The summed E-state index contributed by atoms with van der Waals surface area (Å²) in [5.74, 6) is 0.499. The van der Waals surface area contributed by atoms with Crippen LogP contribution in [0, 0.1) is 0 Å². The van der Waals surface area contributed by atoms with Crippen molar-refractivity contribution < 1.29 is 0 Å². The van der Waals surface area contributed by atoms with E-state index in [1.807, 2.05) is 11.7 Å². The zero-order valence-corrected chi connectivity index (χ0v) is 12.7. The van der Waals surface area contributed by atoms with Crippen LogP contribution in [-0.2, 0) is 13.6 Å². The van der Waals surface area contributed by atoms with E-state index in [1.165, 1.54) is 36.9 Å². The van der Waals surface area contributed by atoms with E-state index in [-0.39, 0.29) is 0 Å². The van der Waals surface area contributed by atoms with E-state index in [2.05, 4.69) is 44.3 Å². The SMILES string of the molecule is CCCCCC(C)NCc1cn(C)nc1C(C)C. The summed E-state index contributed by atoms with van der Waals surface area (Å²) >= 11 is 0. The molecular weight excluding hydrogens is 222 g/mol. The number of unbranched alkanes of at least 4 members (excludes halogenated alkanes) is 2. The lowest BCUT2D eigenvalue weighted by atomic mass is 10.1. The third-order valence-corrected chi connectivity index (χ3v) is 3.37. The van der Waals surface area contributed by atoms with Crippen molar-refractivity contribution in [2.45, 2.75) is 71.9 Å². The fraction of sp³-hybridized carbons (Fsp3) is 0.800. The minimum atomic E-state index is 0.499. The lowest BCUT2D eigenvalue weighted by molar-refractivity contribution is 0.486. The fourth-order valence-corrected chi connectivity index (χ4v) is 2.26. The van der Waals surface area contributed by atoms with E-state index in [1.54, 1.807) is 0 Å². The van der Waals surface area contributed by atoms with Crippen LogP contribution in [0.25, 0.3) is 0 Å². The van der Waals surface area contributed by atoms with Gasteiger partial charge in [-0.15, -0.1) is 0 Å². The molecule has 0 aliphatic carbocycles. The molecule has 0 saturated heterocycles. The second-order valence-corrected chi connectivity index (χ2v) is 5.65. The molecule has 1 atom stereocenters. The summed E-state index contributed by atoms with van der Waals surface area (Å²) in [6, 6.07) is 0.594. The highest BCUT2D eigenvalue weighted by Crippen LogP contribution is 2.17. The highest BCUT2D eigenvalue weighted by atomic mass is 15.3. The van der Waals surface area contributed by atoms with Crippen LogP contribution in [0.3, 0.4) is 0 Å². The van der Waals surface area contributed by atoms with Gasteiger partial charge in [-0.2, -0.15) is 5.10 Å².